The Morgan fingerprint density at radius 1 is 0.818 bits per heavy atom. The van der Waals surface area contributed by atoms with Gasteiger partial charge in [0.15, 0.2) is 11.5 Å². The second kappa shape index (κ2) is 11.3. The molecule has 1 N–H and O–H groups in total. The number of aromatic nitrogens is 2. The van der Waals surface area contributed by atoms with E-state index in [1.807, 2.05) is 6.07 Å². The molecule has 1 amide bonds. The van der Waals surface area contributed by atoms with E-state index in [0.29, 0.717) is 45.2 Å². The van der Waals surface area contributed by atoms with E-state index in [1.54, 1.807) is 64.8 Å². The molecule has 0 bridgehead atoms. The van der Waals surface area contributed by atoms with Crippen molar-refractivity contribution in [3.63, 3.8) is 0 Å². The van der Waals surface area contributed by atoms with Gasteiger partial charge >= 0.3 is 0 Å². The largest absolute Gasteiger partial charge is 0.497 e. The Hall–Kier alpha value is -3.66. The summed E-state index contributed by atoms with van der Waals surface area (Å²) in [7, 11) is 7.75. The van der Waals surface area contributed by atoms with Gasteiger partial charge in [-0.2, -0.15) is 0 Å². The lowest BCUT2D eigenvalue weighted by molar-refractivity contribution is -0.113. The average molecular weight is 472 g/mol. The molecule has 3 rings (SSSR count). The van der Waals surface area contributed by atoms with Crippen molar-refractivity contribution < 1.29 is 28.5 Å². The summed E-state index contributed by atoms with van der Waals surface area (Å²) < 4.78 is 26.6. The minimum atomic E-state index is -0.206. The Morgan fingerprint density at radius 3 is 2.06 bits per heavy atom. The second-order valence-electron chi connectivity index (χ2n) is 6.57. The molecule has 0 saturated carbocycles. The number of thioether (sulfide) groups is 1. The standard InChI is InChI=1S/C23H25N3O6S/c1-28-15-6-8-18(29-2)17(12-15)24-21(27)13-33-22-9-7-16(25-26-22)14-10-19(30-3)23(32-5)20(11-14)31-4/h6-12H,13H2,1-5H3,(H,24,27). The van der Waals surface area contributed by atoms with Crippen LogP contribution >= 0.6 is 11.8 Å². The zero-order valence-electron chi connectivity index (χ0n) is 19.0. The first-order chi connectivity index (χ1) is 16.0. The van der Waals surface area contributed by atoms with E-state index in [2.05, 4.69) is 15.5 Å². The summed E-state index contributed by atoms with van der Waals surface area (Å²) in [6, 6.07) is 12.4. The van der Waals surface area contributed by atoms with Crippen molar-refractivity contribution in [3.8, 4) is 40.0 Å². The monoisotopic (exact) mass is 471 g/mol. The normalized spacial score (nSPS) is 10.3. The van der Waals surface area contributed by atoms with Gasteiger partial charge in [-0.15, -0.1) is 10.2 Å². The van der Waals surface area contributed by atoms with E-state index in [1.165, 1.54) is 18.9 Å². The van der Waals surface area contributed by atoms with E-state index in [0.717, 1.165) is 5.56 Å². The van der Waals surface area contributed by atoms with Crippen LogP contribution in [0.4, 0.5) is 5.69 Å². The molecule has 0 atom stereocenters. The number of hydrogen-bond acceptors (Lipinski definition) is 9. The van der Waals surface area contributed by atoms with Gasteiger partial charge in [0.25, 0.3) is 0 Å². The highest BCUT2D eigenvalue weighted by Crippen LogP contribution is 2.40. The third kappa shape index (κ3) is 5.78. The first kappa shape index (κ1) is 24.0. The highest BCUT2D eigenvalue weighted by molar-refractivity contribution is 7.99. The first-order valence-corrected chi connectivity index (χ1v) is 10.8. The minimum absolute atomic E-state index is 0.151. The molecule has 0 aliphatic carbocycles. The van der Waals surface area contributed by atoms with E-state index in [4.69, 9.17) is 23.7 Å². The lowest BCUT2D eigenvalue weighted by Gasteiger charge is -2.13. The quantitative estimate of drug-likeness (QED) is 0.441. The predicted octanol–water partition coefficient (Wildman–Crippen LogP) is 3.92. The van der Waals surface area contributed by atoms with Gasteiger partial charge in [0.05, 0.1) is 52.7 Å². The summed E-state index contributed by atoms with van der Waals surface area (Å²) in [5.41, 5.74) is 1.92. The lowest BCUT2D eigenvalue weighted by atomic mass is 10.1. The van der Waals surface area contributed by atoms with Gasteiger partial charge in [0.1, 0.15) is 16.5 Å². The predicted molar refractivity (Wildman–Crippen MR) is 126 cm³/mol. The molecule has 0 saturated heterocycles. The van der Waals surface area contributed by atoms with Gasteiger partial charge < -0.3 is 29.0 Å². The van der Waals surface area contributed by atoms with Crippen LogP contribution < -0.4 is 29.0 Å². The summed E-state index contributed by atoms with van der Waals surface area (Å²) in [4.78, 5) is 12.4. The Kier molecular flexibility index (Phi) is 8.20. The molecule has 33 heavy (non-hydrogen) atoms. The molecule has 10 heteroatoms. The van der Waals surface area contributed by atoms with Crippen LogP contribution in [0, 0.1) is 0 Å². The topological polar surface area (TPSA) is 101 Å². The van der Waals surface area contributed by atoms with Crippen molar-refractivity contribution in [2.75, 3.05) is 46.6 Å². The number of rotatable bonds is 10. The molecule has 2 aromatic carbocycles. The molecule has 0 radical (unpaired) electrons. The number of anilines is 1. The summed E-state index contributed by atoms with van der Waals surface area (Å²) in [6.07, 6.45) is 0. The summed E-state index contributed by atoms with van der Waals surface area (Å²) in [5.74, 6) is 2.66. The fourth-order valence-corrected chi connectivity index (χ4v) is 3.63. The molecular weight excluding hydrogens is 446 g/mol. The van der Waals surface area contributed by atoms with E-state index in [-0.39, 0.29) is 11.7 Å². The minimum Gasteiger partial charge on any atom is -0.497 e. The van der Waals surface area contributed by atoms with Crippen LogP contribution in [-0.4, -0.2) is 57.4 Å². The van der Waals surface area contributed by atoms with Crippen LogP contribution in [0.2, 0.25) is 0 Å². The van der Waals surface area contributed by atoms with Crippen LogP contribution in [0.1, 0.15) is 0 Å². The number of methoxy groups -OCH3 is 5. The molecule has 3 aromatic rings. The summed E-state index contributed by atoms with van der Waals surface area (Å²) in [5, 5.41) is 11.9. The molecule has 0 fully saturated rings. The SMILES string of the molecule is COc1ccc(OC)c(NC(=O)CSc2ccc(-c3cc(OC)c(OC)c(OC)c3)nn2)c1. The molecule has 1 heterocycles. The van der Waals surface area contributed by atoms with Gasteiger partial charge in [0.2, 0.25) is 11.7 Å². The number of carbonyl (C=O) groups is 1. The van der Waals surface area contributed by atoms with Crippen LogP contribution in [0.5, 0.6) is 28.7 Å². The van der Waals surface area contributed by atoms with E-state index >= 15 is 0 Å². The van der Waals surface area contributed by atoms with E-state index < -0.39 is 0 Å². The van der Waals surface area contributed by atoms with Crippen molar-refractivity contribution in [1.29, 1.82) is 0 Å². The molecule has 0 unspecified atom stereocenters. The van der Waals surface area contributed by atoms with Gasteiger partial charge in [-0.25, -0.2) is 0 Å². The highest BCUT2D eigenvalue weighted by Gasteiger charge is 2.15. The maximum absolute atomic E-state index is 12.4. The molecule has 1 aromatic heterocycles. The second-order valence-corrected chi connectivity index (χ2v) is 7.57. The van der Waals surface area contributed by atoms with Crippen LogP contribution in [0.15, 0.2) is 47.5 Å². The molecule has 0 aliphatic rings. The average Bonchev–Trinajstić information content (AvgIpc) is 2.86. The molecule has 9 nitrogen and oxygen atoms in total. The third-order valence-electron chi connectivity index (χ3n) is 4.63. The van der Waals surface area contributed by atoms with Crippen LogP contribution in [-0.2, 0) is 4.79 Å². The zero-order chi connectivity index (χ0) is 23.8. The zero-order valence-corrected chi connectivity index (χ0v) is 19.8. The maximum Gasteiger partial charge on any atom is 0.234 e. The number of nitrogens with zero attached hydrogens (tertiary/aromatic N) is 2. The molecule has 0 spiro atoms. The molecular formula is C23H25N3O6S. The Morgan fingerprint density at radius 2 is 1.52 bits per heavy atom. The lowest BCUT2D eigenvalue weighted by Crippen LogP contribution is -2.15. The van der Waals surface area contributed by atoms with Crippen LogP contribution in [0.25, 0.3) is 11.3 Å². The number of hydrogen-bond donors (Lipinski definition) is 1. The van der Waals surface area contributed by atoms with Crippen LogP contribution in [0.3, 0.4) is 0 Å². The molecule has 0 aliphatic heterocycles. The summed E-state index contributed by atoms with van der Waals surface area (Å²) >= 11 is 1.27. The Bertz CT molecular complexity index is 1080. The third-order valence-corrected chi connectivity index (χ3v) is 5.55. The number of ether oxygens (including phenoxy) is 5. The number of nitrogens with one attached hydrogen (secondary N) is 1. The smallest absolute Gasteiger partial charge is 0.234 e. The number of benzene rings is 2. The first-order valence-electron chi connectivity index (χ1n) is 9.81. The van der Waals surface area contributed by atoms with Gasteiger partial charge in [-0.3, -0.25) is 4.79 Å². The highest BCUT2D eigenvalue weighted by atomic mass is 32.2. The van der Waals surface area contributed by atoms with Gasteiger partial charge in [-0.1, -0.05) is 11.8 Å². The van der Waals surface area contributed by atoms with Crippen molar-refractivity contribution in [1.82, 2.24) is 10.2 Å². The van der Waals surface area contributed by atoms with Crippen molar-refractivity contribution in [2.24, 2.45) is 0 Å². The maximum atomic E-state index is 12.4. The Labute approximate surface area is 196 Å². The summed E-state index contributed by atoms with van der Waals surface area (Å²) in [6.45, 7) is 0. The van der Waals surface area contributed by atoms with Gasteiger partial charge in [0, 0.05) is 11.6 Å². The fraction of sp³-hybridized carbons (Fsp3) is 0.261. The number of carbonyl (C=O) groups excluding carboxylic acids is 1. The fourth-order valence-electron chi connectivity index (χ4n) is 3.02. The molecule has 174 valence electrons. The van der Waals surface area contributed by atoms with Gasteiger partial charge in [-0.05, 0) is 36.4 Å². The number of amides is 1. The van der Waals surface area contributed by atoms with Crippen molar-refractivity contribution in [3.05, 3.63) is 42.5 Å². The Balaban J connectivity index is 1.68. The van der Waals surface area contributed by atoms with Crippen molar-refractivity contribution >= 4 is 23.4 Å². The van der Waals surface area contributed by atoms with E-state index in [9.17, 15) is 4.79 Å². The van der Waals surface area contributed by atoms with Crippen molar-refractivity contribution in [2.45, 2.75) is 5.03 Å².